The van der Waals surface area contributed by atoms with E-state index in [1.165, 1.54) is 9.75 Å². The molecule has 0 radical (unpaired) electrons. The van der Waals surface area contributed by atoms with E-state index in [-0.39, 0.29) is 12.0 Å². The number of ether oxygens (including phenoxy) is 2. The van der Waals surface area contributed by atoms with E-state index >= 15 is 0 Å². The maximum Gasteiger partial charge on any atom is 0.254 e. The SMILES string of the molecule is Cc1cc2c(s1)CCCN(CCCCNCC1COc3ccccc3O1)C2=O. The standard InChI is InChI=1S/C22H28N2O3S/c1-16-13-18-21(28-16)9-6-12-24(22(18)25)11-5-4-10-23-14-17-15-26-19-7-2-3-8-20(19)27-17/h2-3,7-8,13,17,23H,4-6,9-12,14-15H2,1H3. The third kappa shape index (κ3) is 4.50. The van der Waals surface area contributed by atoms with Crippen LogP contribution in [0, 0.1) is 6.92 Å². The Kier molecular flexibility index (Phi) is 6.17. The Morgan fingerprint density at radius 3 is 3.00 bits per heavy atom. The molecule has 0 saturated carbocycles. The van der Waals surface area contributed by atoms with Gasteiger partial charge in [0.1, 0.15) is 12.7 Å². The Morgan fingerprint density at radius 2 is 2.11 bits per heavy atom. The highest BCUT2D eigenvalue weighted by atomic mass is 32.1. The Morgan fingerprint density at radius 1 is 1.25 bits per heavy atom. The van der Waals surface area contributed by atoms with Gasteiger partial charge in [0.05, 0.1) is 5.56 Å². The van der Waals surface area contributed by atoms with Gasteiger partial charge < -0.3 is 19.7 Å². The molecule has 0 aliphatic carbocycles. The largest absolute Gasteiger partial charge is 0.486 e. The molecule has 1 unspecified atom stereocenters. The van der Waals surface area contributed by atoms with Gasteiger partial charge in [0.15, 0.2) is 11.5 Å². The Balaban J connectivity index is 1.15. The molecule has 6 heteroatoms. The fourth-order valence-corrected chi connectivity index (χ4v) is 4.89. The van der Waals surface area contributed by atoms with Gasteiger partial charge in [-0.2, -0.15) is 0 Å². The summed E-state index contributed by atoms with van der Waals surface area (Å²) in [6, 6.07) is 9.86. The second-order valence-electron chi connectivity index (χ2n) is 7.50. The zero-order valence-electron chi connectivity index (χ0n) is 16.4. The summed E-state index contributed by atoms with van der Waals surface area (Å²) in [5.41, 5.74) is 0.938. The molecular weight excluding hydrogens is 372 g/mol. The summed E-state index contributed by atoms with van der Waals surface area (Å²) in [7, 11) is 0. The Labute approximate surface area is 170 Å². The van der Waals surface area contributed by atoms with Gasteiger partial charge in [0.25, 0.3) is 5.91 Å². The number of nitrogens with one attached hydrogen (secondary N) is 1. The predicted molar refractivity (Wildman–Crippen MR) is 112 cm³/mol. The summed E-state index contributed by atoms with van der Waals surface area (Å²) in [5.74, 6) is 1.87. The smallest absolute Gasteiger partial charge is 0.254 e. The summed E-state index contributed by atoms with van der Waals surface area (Å²) < 4.78 is 11.7. The summed E-state index contributed by atoms with van der Waals surface area (Å²) >= 11 is 1.77. The van der Waals surface area contributed by atoms with Gasteiger partial charge in [-0.05, 0) is 57.4 Å². The molecule has 1 atom stereocenters. The fourth-order valence-electron chi connectivity index (χ4n) is 3.82. The molecule has 1 N–H and O–H groups in total. The van der Waals surface area contributed by atoms with Crippen LogP contribution in [0.15, 0.2) is 30.3 Å². The minimum Gasteiger partial charge on any atom is -0.486 e. The van der Waals surface area contributed by atoms with Gasteiger partial charge >= 0.3 is 0 Å². The Hall–Kier alpha value is -2.05. The molecule has 3 heterocycles. The summed E-state index contributed by atoms with van der Waals surface area (Å²) in [4.78, 5) is 17.3. The van der Waals surface area contributed by atoms with Crippen LogP contribution < -0.4 is 14.8 Å². The van der Waals surface area contributed by atoms with Crippen molar-refractivity contribution in [2.45, 2.75) is 38.7 Å². The van der Waals surface area contributed by atoms with Crippen LogP contribution in [0.4, 0.5) is 0 Å². The molecule has 2 aliphatic rings. The second-order valence-corrected chi connectivity index (χ2v) is 8.84. The maximum atomic E-state index is 12.8. The van der Waals surface area contributed by atoms with Crippen molar-refractivity contribution < 1.29 is 14.3 Å². The van der Waals surface area contributed by atoms with Crippen molar-refractivity contribution in [2.24, 2.45) is 0 Å². The maximum absolute atomic E-state index is 12.8. The van der Waals surface area contributed by atoms with Crippen molar-refractivity contribution in [1.82, 2.24) is 10.2 Å². The second kappa shape index (κ2) is 8.97. The fraction of sp³-hybridized carbons (Fsp3) is 0.500. The number of carbonyl (C=O) groups is 1. The minimum atomic E-state index is 0.0438. The molecule has 150 valence electrons. The lowest BCUT2D eigenvalue weighted by molar-refractivity contribution is 0.0757. The number of amides is 1. The van der Waals surface area contributed by atoms with Crippen LogP contribution in [0.1, 0.15) is 39.4 Å². The van der Waals surface area contributed by atoms with Crippen molar-refractivity contribution in [2.75, 3.05) is 32.8 Å². The van der Waals surface area contributed by atoms with Crippen molar-refractivity contribution in [3.05, 3.63) is 45.6 Å². The van der Waals surface area contributed by atoms with Crippen LogP contribution in [0.5, 0.6) is 11.5 Å². The zero-order valence-corrected chi connectivity index (χ0v) is 17.2. The molecule has 0 saturated heterocycles. The highest BCUT2D eigenvalue weighted by molar-refractivity contribution is 7.12. The van der Waals surface area contributed by atoms with Crippen molar-refractivity contribution >= 4 is 17.2 Å². The van der Waals surface area contributed by atoms with Crippen LogP contribution in [-0.2, 0) is 6.42 Å². The molecule has 5 nitrogen and oxygen atoms in total. The first kappa shape index (κ1) is 19.3. The zero-order chi connectivity index (χ0) is 19.3. The number of thiophene rings is 1. The van der Waals surface area contributed by atoms with Gasteiger partial charge in [-0.15, -0.1) is 11.3 Å². The molecule has 2 aromatic rings. The first-order chi connectivity index (χ1) is 13.7. The topological polar surface area (TPSA) is 50.8 Å². The number of carbonyl (C=O) groups excluding carboxylic acids is 1. The number of para-hydroxylation sites is 2. The van der Waals surface area contributed by atoms with E-state index in [0.29, 0.717) is 6.61 Å². The van der Waals surface area contributed by atoms with Crippen LogP contribution in [0.2, 0.25) is 0 Å². The molecule has 1 aromatic carbocycles. The lowest BCUT2D eigenvalue weighted by Gasteiger charge is -2.26. The number of fused-ring (bicyclic) bond motifs is 2. The molecular formula is C22H28N2O3S. The average molecular weight is 401 g/mol. The van der Waals surface area contributed by atoms with Gasteiger partial charge in [-0.1, -0.05) is 12.1 Å². The van der Waals surface area contributed by atoms with Gasteiger partial charge in [0.2, 0.25) is 0 Å². The number of benzene rings is 1. The van der Waals surface area contributed by atoms with Gasteiger partial charge in [0, 0.05) is 29.4 Å². The molecule has 0 fully saturated rings. The molecule has 2 aliphatic heterocycles. The monoisotopic (exact) mass is 400 g/mol. The normalized spacial score (nSPS) is 18.7. The molecule has 28 heavy (non-hydrogen) atoms. The highest BCUT2D eigenvalue weighted by Gasteiger charge is 2.24. The van der Waals surface area contributed by atoms with Crippen molar-refractivity contribution in [1.29, 1.82) is 0 Å². The van der Waals surface area contributed by atoms with E-state index in [9.17, 15) is 4.79 Å². The van der Waals surface area contributed by atoms with Crippen molar-refractivity contribution in [3.8, 4) is 11.5 Å². The van der Waals surface area contributed by atoms with Crippen molar-refractivity contribution in [3.63, 3.8) is 0 Å². The van der Waals surface area contributed by atoms with E-state index in [1.54, 1.807) is 11.3 Å². The number of unbranched alkanes of at least 4 members (excludes halogenated alkanes) is 1. The Bertz CT molecular complexity index is 820. The molecule has 0 bridgehead atoms. The molecule has 1 amide bonds. The lowest BCUT2D eigenvalue weighted by atomic mass is 10.2. The third-order valence-electron chi connectivity index (χ3n) is 5.25. The number of hydrogen-bond acceptors (Lipinski definition) is 5. The summed E-state index contributed by atoms with van der Waals surface area (Å²) in [6.07, 6.45) is 4.20. The quantitative estimate of drug-likeness (QED) is 0.721. The number of aryl methyl sites for hydroxylation is 2. The number of rotatable bonds is 7. The third-order valence-corrected chi connectivity index (χ3v) is 6.36. The summed E-state index contributed by atoms with van der Waals surface area (Å²) in [6.45, 7) is 6.07. The van der Waals surface area contributed by atoms with Crippen LogP contribution in [0.25, 0.3) is 0 Å². The number of hydrogen-bond donors (Lipinski definition) is 1. The average Bonchev–Trinajstić information content (AvgIpc) is 3.02. The first-order valence-corrected chi connectivity index (χ1v) is 11.0. The van der Waals surface area contributed by atoms with E-state index < -0.39 is 0 Å². The van der Waals surface area contributed by atoms with Gasteiger partial charge in [-0.3, -0.25) is 4.79 Å². The first-order valence-electron chi connectivity index (χ1n) is 10.2. The lowest BCUT2D eigenvalue weighted by Crippen LogP contribution is -2.39. The molecule has 0 spiro atoms. The van der Waals surface area contributed by atoms with Crippen LogP contribution >= 0.6 is 11.3 Å². The predicted octanol–water partition coefficient (Wildman–Crippen LogP) is 3.65. The van der Waals surface area contributed by atoms with Crippen LogP contribution in [-0.4, -0.2) is 49.7 Å². The summed E-state index contributed by atoms with van der Waals surface area (Å²) in [5, 5.41) is 3.46. The highest BCUT2D eigenvalue weighted by Crippen LogP contribution is 2.30. The van der Waals surface area contributed by atoms with E-state index in [0.717, 1.165) is 68.9 Å². The van der Waals surface area contributed by atoms with E-state index in [2.05, 4.69) is 18.3 Å². The molecule has 4 rings (SSSR count). The minimum absolute atomic E-state index is 0.0438. The number of nitrogens with zero attached hydrogens (tertiary/aromatic N) is 1. The van der Waals surface area contributed by atoms with Crippen LogP contribution in [0.3, 0.4) is 0 Å². The molecule has 1 aromatic heterocycles. The van der Waals surface area contributed by atoms with E-state index in [4.69, 9.17) is 9.47 Å². The van der Waals surface area contributed by atoms with Gasteiger partial charge in [-0.25, -0.2) is 0 Å². The van der Waals surface area contributed by atoms with E-state index in [1.807, 2.05) is 29.2 Å².